The van der Waals surface area contributed by atoms with Gasteiger partial charge in [-0.3, -0.25) is 4.99 Å². The first kappa shape index (κ1) is 15.9. The molecule has 1 fully saturated rings. The highest BCUT2D eigenvalue weighted by Crippen LogP contribution is 2.41. The van der Waals surface area contributed by atoms with Gasteiger partial charge in [-0.05, 0) is 37.0 Å². The summed E-state index contributed by atoms with van der Waals surface area (Å²) in [4.78, 5) is 6.55. The lowest BCUT2D eigenvalue weighted by Gasteiger charge is -2.22. The fraction of sp³-hybridized carbons (Fsp3) is 0.471. The van der Waals surface area contributed by atoms with Crippen LogP contribution in [0.1, 0.15) is 30.7 Å². The van der Waals surface area contributed by atoms with Crippen molar-refractivity contribution >= 4 is 17.6 Å². The second kappa shape index (κ2) is 7.51. The number of nitrogens with one attached hydrogen (secondary N) is 1. The third-order valence-electron chi connectivity index (χ3n) is 3.86. The van der Waals surface area contributed by atoms with Crippen molar-refractivity contribution in [2.45, 2.75) is 31.2 Å². The molecule has 2 atom stereocenters. The Hall–Kier alpha value is -1.48. The maximum Gasteiger partial charge on any atom is 0.193 e. The fourth-order valence-corrected chi connectivity index (χ4v) is 2.75. The number of aliphatic imine (C=N–C) groups is 1. The van der Waals surface area contributed by atoms with Gasteiger partial charge < -0.3 is 10.2 Å². The molecule has 0 spiro atoms. The molecule has 0 bridgehead atoms. The number of allylic oxidation sites excluding steroid dienone is 1. The maximum absolute atomic E-state index is 6.06. The van der Waals surface area contributed by atoms with Crippen LogP contribution in [0.25, 0.3) is 0 Å². The van der Waals surface area contributed by atoms with Gasteiger partial charge in [-0.1, -0.05) is 29.8 Å². The number of hydrogen-bond donors (Lipinski definition) is 1. The van der Waals surface area contributed by atoms with Gasteiger partial charge in [0.2, 0.25) is 0 Å². The topological polar surface area (TPSA) is 27.6 Å². The molecule has 3 nitrogen and oxygen atoms in total. The van der Waals surface area contributed by atoms with E-state index in [1.807, 2.05) is 25.3 Å². The normalized spacial score (nSPS) is 21.0. The summed E-state index contributed by atoms with van der Waals surface area (Å²) in [6.07, 6.45) is 5.24. The van der Waals surface area contributed by atoms with Gasteiger partial charge in [0.15, 0.2) is 5.96 Å². The van der Waals surface area contributed by atoms with E-state index in [0.717, 1.165) is 36.8 Å². The predicted octanol–water partition coefficient (Wildman–Crippen LogP) is 3.67. The Morgan fingerprint density at radius 1 is 1.57 bits per heavy atom. The van der Waals surface area contributed by atoms with Gasteiger partial charge in [0.25, 0.3) is 0 Å². The molecule has 114 valence electrons. The minimum atomic E-state index is 0.462. The van der Waals surface area contributed by atoms with Crippen molar-refractivity contribution in [2.24, 2.45) is 4.99 Å². The molecule has 0 aromatic heterocycles. The van der Waals surface area contributed by atoms with E-state index in [9.17, 15) is 0 Å². The summed E-state index contributed by atoms with van der Waals surface area (Å²) in [6.45, 7) is 4.74. The molecule has 1 aliphatic rings. The Labute approximate surface area is 132 Å². The molecule has 0 amide bonds. The first-order valence-corrected chi connectivity index (χ1v) is 7.84. The Kier molecular flexibility index (Phi) is 5.68. The van der Waals surface area contributed by atoms with Gasteiger partial charge in [0, 0.05) is 37.6 Å². The third-order valence-corrected chi connectivity index (χ3v) is 4.09. The fourth-order valence-electron chi connectivity index (χ4n) is 2.55. The van der Waals surface area contributed by atoms with Gasteiger partial charge >= 0.3 is 0 Å². The van der Waals surface area contributed by atoms with E-state index in [0.29, 0.717) is 12.0 Å². The number of benzene rings is 1. The van der Waals surface area contributed by atoms with Crippen LogP contribution in [0.5, 0.6) is 0 Å². The average Bonchev–Trinajstić information content (AvgIpc) is 3.24. The number of guanidine groups is 1. The summed E-state index contributed by atoms with van der Waals surface area (Å²) in [7, 11) is 3.91. The highest BCUT2D eigenvalue weighted by atomic mass is 35.5. The van der Waals surface area contributed by atoms with Gasteiger partial charge in [-0.2, -0.15) is 0 Å². The number of unbranched alkanes of at least 4 members (excludes halogenated alkanes) is 1. The molecule has 0 heterocycles. The Balaban J connectivity index is 1.85. The molecule has 1 N–H and O–H groups in total. The lowest BCUT2D eigenvalue weighted by molar-refractivity contribution is 0.469. The number of hydrogen-bond acceptors (Lipinski definition) is 1. The van der Waals surface area contributed by atoms with Crippen molar-refractivity contribution < 1.29 is 0 Å². The molecule has 2 rings (SSSR count). The molecule has 1 aromatic rings. The van der Waals surface area contributed by atoms with E-state index >= 15 is 0 Å². The smallest absolute Gasteiger partial charge is 0.193 e. The summed E-state index contributed by atoms with van der Waals surface area (Å²) in [5, 5.41) is 4.35. The van der Waals surface area contributed by atoms with Crippen molar-refractivity contribution in [3.63, 3.8) is 0 Å². The minimum Gasteiger partial charge on any atom is -0.353 e. The third kappa shape index (κ3) is 4.50. The predicted molar refractivity (Wildman–Crippen MR) is 91.2 cm³/mol. The Bertz CT molecular complexity index is 513. The minimum absolute atomic E-state index is 0.462. The maximum atomic E-state index is 6.06. The van der Waals surface area contributed by atoms with Crippen LogP contribution in [0.15, 0.2) is 41.9 Å². The van der Waals surface area contributed by atoms with Gasteiger partial charge in [0.1, 0.15) is 0 Å². The monoisotopic (exact) mass is 305 g/mol. The van der Waals surface area contributed by atoms with Crippen molar-refractivity contribution in [2.75, 3.05) is 20.6 Å². The zero-order valence-electron chi connectivity index (χ0n) is 12.8. The van der Waals surface area contributed by atoms with Gasteiger partial charge in [-0.15, -0.1) is 6.58 Å². The summed E-state index contributed by atoms with van der Waals surface area (Å²) >= 11 is 6.06. The standard InChI is InChI=1S/C17H24ClN3/c1-4-5-6-10-21(3)17(19-2)20-16-12-15(16)13-8-7-9-14(18)11-13/h4,7-9,11,15-16H,1,5-6,10,12H2,2-3H3,(H,19,20). The number of halogens is 1. The molecule has 1 aromatic carbocycles. The zero-order chi connectivity index (χ0) is 15.2. The lowest BCUT2D eigenvalue weighted by atomic mass is 10.1. The second-order valence-electron chi connectivity index (χ2n) is 5.55. The van der Waals surface area contributed by atoms with Crippen LogP contribution in [-0.4, -0.2) is 37.5 Å². The van der Waals surface area contributed by atoms with Crippen molar-refractivity contribution in [3.05, 3.63) is 47.5 Å². The summed E-state index contributed by atoms with van der Waals surface area (Å²) in [5.41, 5.74) is 1.31. The second-order valence-corrected chi connectivity index (χ2v) is 5.98. The first-order chi connectivity index (χ1) is 10.2. The van der Waals surface area contributed by atoms with Crippen LogP contribution in [0.3, 0.4) is 0 Å². The SMILES string of the molecule is C=CCCCN(C)C(=NC)NC1CC1c1cccc(Cl)c1. The van der Waals surface area contributed by atoms with E-state index < -0.39 is 0 Å². The van der Waals surface area contributed by atoms with Gasteiger partial charge in [0.05, 0.1) is 0 Å². The first-order valence-electron chi connectivity index (χ1n) is 7.46. The highest BCUT2D eigenvalue weighted by molar-refractivity contribution is 6.30. The summed E-state index contributed by atoms with van der Waals surface area (Å²) in [5.74, 6) is 1.51. The van der Waals surface area contributed by atoms with Gasteiger partial charge in [-0.25, -0.2) is 0 Å². The molecule has 2 unspecified atom stereocenters. The molecular formula is C17H24ClN3. The average molecular weight is 306 g/mol. The molecule has 0 aliphatic heterocycles. The van der Waals surface area contributed by atoms with Crippen LogP contribution in [0, 0.1) is 0 Å². The molecule has 0 radical (unpaired) electrons. The molecule has 1 saturated carbocycles. The molecular weight excluding hydrogens is 282 g/mol. The van der Waals surface area contributed by atoms with E-state index in [1.165, 1.54) is 5.56 Å². The van der Waals surface area contributed by atoms with Crippen LogP contribution < -0.4 is 5.32 Å². The highest BCUT2D eigenvalue weighted by Gasteiger charge is 2.39. The number of nitrogens with zero attached hydrogens (tertiary/aromatic N) is 2. The number of rotatable bonds is 6. The molecule has 0 saturated heterocycles. The van der Waals surface area contributed by atoms with Crippen LogP contribution in [0.2, 0.25) is 5.02 Å². The van der Waals surface area contributed by atoms with Crippen LogP contribution in [-0.2, 0) is 0 Å². The van der Waals surface area contributed by atoms with Crippen molar-refractivity contribution in [1.82, 2.24) is 10.2 Å². The largest absolute Gasteiger partial charge is 0.353 e. The molecule has 21 heavy (non-hydrogen) atoms. The van der Waals surface area contributed by atoms with E-state index in [2.05, 4.69) is 41.0 Å². The van der Waals surface area contributed by atoms with E-state index in [1.54, 1.807) is 0 Å². The lowest BCUT2D eigenvalue weighted by Crippen LogP contribution is -2.40. The summed E-state index contributed by atoms with van der Waals surface area (Å²) < 4.78 is 0. The Morgan fingerprint density at radius 2 is 2.38 bits per heavy atom. The van der Waals surface area contributed by atoms with Crippen molar-refractivity contribution in [1.29, 1.82) is 0 Å². The zero-order valence-corrected chi connectivity index (χ0v) is 13.6. The Morgan fingerprint density at radius 3 is 3.05 bits per heavy atom. The summed E-state index contributed by atoms with van der Waals surface area (Å²) in [6, 6.07) is 8.61. The van der Waals surface area contributed by atoms with E-state index in [-0.39, 0.29) is 0 Å². The molecule has 1 aliphatic carbocycles. The van der Waals surface area contributed by atoms with E-state index in [4.69, 9.17) is 11.6 Å². The van der Waals surface area contributed by atoms with Crippen LogP contribution >= 0.6 is 11.6 Å². The van der Waals surface area contributed by atoms with Crippen molar-refractivity contribution in [3.8, 4) is 0 Å². The quantitative estimate of drug-likeness (QED) is 0.376. The molecule has 4 heteroatoms. The van der Waals surface area contributed by atoms with Crippen LogP contribution in [0.4, 0.5) is 0 Å².